The topological polar surface area (TPSA) is 58.7 Å². The van der Waals surface area contributed by atoms with E-state index in [1.54, 1.807) is 13.3 Å². The molecule has 0 spiro atoms. The summed E-state index contributed by atoms with van der Waals surface area (Å²) >= 11 is 5.57. The number of hydrogen-bond acceptors (Lipinski definition) is 5. The van der Waals surface area contributed by atoms with Gasteiger partial charge < -0.3 is 25.0 Å². The number of ether oxygens (including phenoxy) is 2. The molecule has 0 aliphatic carbocycles. The van der Waals surface area contributed by atoms with Gasteiger partial charge in [-0.2, -0.15) is 0 Å². The molecular weight excluding hydrogens is 396 g/mol. The van der Waals surface area contributed by atoms with Gasteiger partial charge in [-0.25, -0.2) is 0 Å². The summed E-state index contributed by atoms with van der Waals surface area (Å²) in [6.07, 6.45) is 1.76. The first kappa shape index (κ1) is 20.4. The molecule has 1 aliphatic heterocycles. The number of nitrogens with one attached hydrogen (secondary N) is 2. The van der Waals surface area contributed by atoms with Crippen LogP contribution in [0.2, 0.25) is 0 Å². The van der Waals surface area contributed by atoms with Crippen LogP contribution >= 0.6 is 12.2 Å². The first-order valence-corrected chi connectivity index (χ1v) is 10.5. The highest BCUT2D eigenvalue weighted by molar-refractivity contribution is 7.80. The van der Waals surface area contributed by atoms with Gasteiger partial charge in [-0.3, -0.25) is 4.98 Å². The van der Waals surface area contributed by atoms with Crippen LogP contribution < -0.4 is 20.3 Å². The van der Waals surface area contributed by atoms with Crippen LogP contribution in [0, 0.1) is 0 Å². The Hall–Kier alpha value is -2.90. The fourth-order valence-corrected chi connectivity index (χ4v) is 3.94. The van der Waals surface area contributed by atoms with Crippen molar-refractivity contribution >= 4 is 39.6 Å². The molecule has 30 heavy (non-hydrogen) atoms. The van der Waals surface area contributed by atoms with Crippen LogP contribution in [0.4, 0.5) is 11.4 Å². The number of aromatic nitrogens is 1. The lowest BCUT2D eigenvalue weighted by molar-refractivity contribution is 0.122. The summed E-state index contributed by atoms with van der Waals surface area (Å²) in [5, 5.41) is 8.20. The van der Waals surface area contributed by atoms with E-state index in [1.807, 2.05) is 24.3 Å². The molecule has 1 atom stereocenters. The van der Waals surface area contributed by atoms with Crippen LogP contribution in [0.15, 0.2) is 54.7 Å². The van der Waals surface area contributed by atoms with E-state index >= 15 is 0 Å². The molecule has 1 aliphatic rings. The van der Waals surface area contributed by atoms with Gasteiger partial charge in [0.1, 0.15) is 11.3 Å². The maximum atomic E-state index is 5.57. The smallest absolute Gasteiger partial charge is 0.171 e. The van der Waals surface area contributed by atoms with Gasteiger partial charge in [-0.05, 0) is 61.1 Å². The minimum atomic E-state index is 0.0753. The molecule has 0 saturated carbocycles. The number of anilines is 2. The van der Waals surface area contributed by atoms with Crippen LogP contribution in [-0.2, 0) is 4.74 Å². The maximum Gasteiger partial charge on any atom is 0.171 e. The summed E-state index contributed by atoms with van der Waals surface area (Å²) in [7, 11) is 1.65. The highest BCUT2D eigenvalue weighted by Crippen LogP contribution is 2.29. The number of rotatable bonds is 5. The lowest BCUT2D eigenvalue weighted by atomic mass is 10.1. The predicted molar refractivity (Wildman–Crippen MR) is 126 cm³/mol. The normalized spacial score (nSPS) is 14.9. The Bertz CT molecular complexity index is 1020. The molecule has 2 N–H and O–H groups in total. The highest BCUT2D eigenvalue weighted by Gasteiger charge is 2.13. The molecule has 0 bridgehead atoms. The summed E-state index contributed by atoms with van der Waals surface area (Å²) in [6, 6.07) is 16.5. The summed E-state index contributed by atoms with van der Waals surface area (Å²) in [4.78, 5) is 6.78. The number of benzene rings is 2. The Morgan fingerprint density at radius 1 is 1.13 bits per heavy atom. The van der Waals surface area contributed by atoms with Crippen LogP contribution in [0.25, 0.3) is 10.9 Å². The lowest BCUT2D eigenvalue weighted by Crippen LogP contribution is -2.36. The quantitative estimate of drug-likeness (QED) is 0.600. The lowest BCUT2D eigenvalue weighted by Gasteiger charge is -2.29. The van der Waals surface area contributed by atoms with E-state index in [0.29, 0.717) is 5.11 Å². The van der Waals surface area contributed by atoms with Crippen molar-refractivity contribution in [3.63, 3.8) is 0 Å². The Labute approximate surface area is 182 Å². The average Bonchev–Trinajstić information content (AvgIpc) is 2.80. The fraction of sp³-hybridized carbons (Fsp3) is 0.304. The van der Waals surface area contributed by atoms with E-state index in [1.165, 1.54) is 11.3 Å². The van der Waals surface area contributed by atoms with Crippen LogP contribution in [-0.4, -0.2) is 43.5 Å². The minimum absolute atomic E-state index is 0.0753. The molecule has 1 saturated heterocycles. The number of pyridine rings is 1. The first-order chi connectivity index (χ1) is 14.7. The van der Waals surface area contributed by atoms with Crippen LogP contribution in [0.1, 0.15) is 18.5 Å². The SMILES string of the molecule is COc1ccc(NC(=S)N[C@H](C)c2ccc(N3CCOCC3)cc2)c2cccnc12. The number of morpholine rings is 1. The van der Waals surface area contributed by atoms with Crippen molar-refractivity contribution in [3.8, 4) is 5.75 Å². The van der Waals surface area contributed by atoms with Crippen LogP contribution in [0.5, 0.6) is 5.75 Å². The molecule has 0 unspecified atom stereocenters. The minimum Gasteiger partial charge on any atom is -0.494 e. The molecule has 6 nitrogen and oxygen atoms in total. The van der Waals surface area contributed by atoms with Gasteiger partial charge in [0.2, 0.25) is 0 Å². The molecule has 0 radical (unpaired) electrons. The van der Waals surface area contributed by atoms with Gasteiger partial charge in [0.15, 0.2) is 5.11 Å². The predicted octanol–water partition coefficient (Wildman–Crippen LogP) is 4.13. The Morgan fingerprint density at radius 3 is 2.63 bits per heavy atom. The number of fused-ring (bicyclic) bond motifs is 1. The van der Waals surface area contributed by atoms with Gasteiger partial charge in [-0.15, -0.1) is 0 Å². The summed E-state index contributed by atoms with van der Waals surface area (Å²) in [5.41, 5.74) is 4.11. The van der Waals surface area contributed by atoms with Crippen molar-refractivity contribution in [2.45, 2.75) is 13.0 Å². The molecule has 2 aromatic carbocycles. The summed E-state index contributed by atoms with van der Waals surface area (Å²) in [6.45, 7) is 5.55. The summed E-state index contributed by atoms with van der Waals surface area (Å²) in [5.74, 6) is 0.740. The second-order valence-electron chi connectivity index (χ2n) is 7.23. The standard InChI is InChI=1S/C23H26N4O2S/c1-16(17-5-7-18(8-6-17)27-12-14-29-15-13-27)25-23(30)26-20-9-10-21(28-2)22-19(20)4-3-11-24-22/h3-11,16H,12-15H2,1-2H3,(H2,25,26,30)/t16-/m1/s1. The van der Waals surface area contributed by atoms with Gasteiger partial charge in [0.05, 0.1) is 26.4 Å². The molecule has 3 aromatic rings. The molecule has 1 fully saturated rings. The molecule has 156 valence electrons. The Kier molecular flexibility index (Phi) is 6.30. The second kappa shape index (κ2) is 9.28. The van der Waals surface area contributed by atoms with Gasteiger partial charge in [0.25, 0.3) is 0 Å². The van der Waals surface area contributed by atoms with E-state index in [9.17, 15) is 0 Å². The van der Waals surface area contributed by atoms with Crippen molar-refractivity contribution in [3.05, 3.63) is 60.3 Å². The third-order valence-electron chi connectivity index (χ3n) is 5.32. The number of nitrogens with zero attached hydrogens (tertiary/aromatic N) is 2. The Balaban J connectivity index is 1.42. The van der Waals surface area contributed by atoms with Gasteiger partial charge in [-0.1, -0.05) is 12.1 Å². The zero-order valence-corrected chi connectivity index (χ0v) is 18.0. The van der Waals surface area contributed by atoms with E-state index in [0.717, 1.165) is 48.6 Å². The van der Waals surface area contributed by atoms with Gasteiger partial charge in [0, 0.05) is 36.0 Å². The molecule has 7 heteroatoms. The van der Waals surface area contributed by atoms with E-state index in [2.05, 4.69) is 51.7 Å². The summed E-state index contributed by atoms with van der Waals surface area (Å²) < 4.78 is 10.8. The van der Waals surface area contributed by atoms with Crippen molar-refractivity contribution in [2.24, 2.45) is 0 Å². The number of thiocarbonyl (C=S) groups is 1. The van der Waals surface area contributed by atoms with Crippen LogP contribution in [0.3, 0.4) is 0 Å². The number of methoxy groups -OCH3 is 1. The zero-order valence-electron chi connectivity index (χ0n) is 17.2. The molecule has 4 rings (SSSR count). The zero-order chi connectivity index (χ0) is 20.9. The first-order valence-electron chi connectivity index (χ1n) is 10.1. The second-order valence-corrected chi connectivity index (χ2v) is 7.63. The van der Waals surface area contributed by atoms with Crippen molar-refractivity contribution in [1.29, 1.82) is 0 Å². The monoisotopic (exact) mass is 422 g/mol. The number of hydrogen-bond donors (Lipinski definition) is 2. The largest absolute Gasteiger partial charge is 0.494 e. The molecular formula is C23H26N4O2S. The fourth-order valence-electron chi connectivity index (χ4n) is 3.65. The van der Waals surface area contributed by atoms with Gasteiger partial charge >= 0.3 is 0 Å². The third-order valence-corrected chi connectivity index (χ3v) is 5.54. The van der Waals surface area contributed by atoms with Crippen molar-refractivity contribution in [2.75, 3.05) is 43.6 Å². The highest BCUT2D eigenvalue weighted by atomic mass is 32.1. The average molecular weight is 423 g/mol. The van der Waals surface area contributed by atoms with E-state index in [4.69, 9.17) is 21.7 Å². The Morgan fingerprint density at radius 2 is 1.90 bits per heavy atom. The van der Waals surface area contributed by atoms with E-state index in [-0.39, 0.29) is 6.04 Å². The third kappa shape index (κ3) is 4.47. The van der Waals surface area contributed by atoms with Crippen molar-refractivity contribution in [1.82, 2.24) is 10.3 Å². The molecule has 1 aromatic heterocycles. The maximum absolute atomic E-state index is 5.57. The molecule has 2 heterocycles. The molecule has 0 amide bonds. The van der Waals surface area contributed by atoms with E-state index < -0.39 is 0 Å². The van der Waals surface area contributed by atoms with Crippen molar-refractivity contribution < 1.29 is 9.47 Å².